The van der Waals surface area contributed by atoms with E-state index < -0.39 is 11.8 Å². The van der Waals surface area contributed by atoms with Crippen LogP contribution in [-0.2, 0) is 19.1 Å². The smallest absolute Gasteiger partial charge is 0.225 e. The van der Waals surface area contributed by atoms with Crippen LogP contribution in [0, 0.1) is 11.8 Å². The molecule has 1 unspecified atom stereocenters. The standard InChI is InChI=1S/C19H37N3O4/c1-7-12(2)17(21-4)15(25-5)11-16(23)22-10-8-9-14(22)18(26-6)13(3)19(20)24/h12-15,17-18,21H,7-11H2,1-6H3,(H2,20,24)/t12?,13-,14+,15-,17+,18-/m1/s1. The van der Waals surface area contributed by atoms with Gasteiger partial charge in [-0.3, -0.25) is 9.59 Å². The topological polar surface area (TPSA) is 93.9 Å². The molecule has 1 heterocycles. The monoisotopic (exact) mass is 371 g/mol. The Hall–Kier alpha value is -1.18. The third-order valence-electron chi connectivity index (χ3n) is 5.88. The number of methoxy groups -OCH3 is 2. The minimum absolute atomic E-state index is 0.0432. The van der Waals surface area contributed by atoms with E-state index in [0.717, 1.165) is 19.3 Å². The van der Waals surface area contributed by atoms with Crippen molar-refractivity contribution in [3.8, 4) is 0 Å². The zero-order valence-electron chi connectivity index (χ0n) is 17.2. The molecule has 0 bridgehead atoms. The van der Waals surface area contributed by atoms with Crippen LogP contribution in [0.1, 0.15) is 46.5 Å². The molecule has 1 aliphatic rings. The molecule has 1 rings (SSSR count). The summed E-state index contributed by atoms with van der Waals surface area (Å²) < 4.78 is 11.2. The maximum Gasteiger partial charge on any atom is 0.225 e. The fourth-order valence-electron chi connectivity index (χ4n) is 4.04. The highest BCUT2D eigenvalue weighted by Gasteiger charge is 2.40. The predicted octanol–water partition coefficient (Wildman–Crippen LogP) is 1.15. The van der Waals surface area contributed by atoms with Gasteiger partial charge in [-0.05, 0) is 25.8 Å². The third-order valence-corrected chi connectivity index (χ3v) is 5.88. The molecule has 1 fully saturated rings. The molecule has 2 amide bonds. The molecule has 152 valence electrons. The van der Waals surface area contributed by atoms with Crippen molar-refractivity contribution in [3.63, 3.8) is 0 Å². The van der Waals surface area contributed by atoms with E-state index in [-0.39, 0.29) is 30.2 Å². The number of hydrogen-bond acceptors (Lipinski definition) is 5. The molecule has 6 atom stereocenters. The van der Waals surface area contributed by atoms with Crippen molar-refractivity contribution in [2.24, 2.45) is 17.6 Å². The Morgan fingerprint density at radius 2 is 1.92 bits per heavy atom. The molecule has 3 N–H and O–H groups in total. The molecule has 1 aliphatic heterocycles. The van der Waals surface area contributed by atoms with Crippen LogP contribution in [0.15, 0.2) is 0 Å². The fourth-order valence-corrected chi connectivity index (χ4v) is 4.04. The molecule has 0 aromatic carbocycles. The first-order chi connectivity index (χ1) is 12.3. The van der Waals surface area contributed by atoms with Gasteiger partial charge >= 0.3 is 0 Å². The van der Waals surface area contributed by atoms with Gasteiger partial charge in [0.2, 0.25) is 11.8 Å². The quantitative estimate of drug-likeness (QED) is 0.568. The Kier molecular flexibility index (Phi) is 9.54. The number of nitrogens with zero attached hydrogens (tertiary/aromatic N) is 1. The second kappa shape index (κ2) is 10.8. The number of rotatable bonds is 11. The van der Waals surface area contributed by atoms with Gasteiger partial charge in [0.15, 0.2) is 0 Å². The Morgan fingerprint density at radius 3 is 2.38 bits per heavy atom. The Balaban J connectivity index is 2.87. The molecular formula is C19H37N3O4. The maximum absolute atomic E-state index is 13.0. The van der Waals surface area contributed by atoms with Crippen LogP contribution in [-0.4, -0.2) is 68.8 Å². The normalized spacial score (nSPS) is 23.3. The number of likely N-dealkylation sites (tertiary alicyclic amines) is 1. The van der Waals surface area contributed by atoms with Crippen LogP contribution in [0.4, 0.5) is 0 Å². The molecule has 1 saturated heterocycles. The summed E-state index contributed by atoms with van der Waals surface area (Å²) in [7, 11) is 5.13. The lowest BCUT2D eigenvalue weighted by atomic mass is 9.91. The van der Waals surface area contributed by atoms with Crippen molar-refractivity contribution in [2.75, 3.05) is 27.8 Å². The molecule has 7 heteroatoms. The summed E-state index contributed by atoms with van der Waals surface area (Å²) in [5, 5.41) is 3.30. The Morgan fingerprint density at radius 1 is 1.27 bits per heavy atom. The summed E-state index contributed by atoms with van der Waals surface area (Å²) in [5.41, 5.74) is 5.46. The number of carbonyl (C=O) groups is 2. The van der Waals surface area contributed by atoms with Crippen molar-refractivity contribution in [1.29, 1.82) is 0 Å². The zero-order chi connectivity index (χ0) is 19.9. The minimum Gasteiger partial charge on any atom is -0.379 e. The number of carbonyl (C=O) groups excluding carboxylic acids is 2. The predicted molar refractivity (Wildman–Crippen MR) is 102 cm³/mol. The van der Waals surface area contributed by atoms with Crippen LogP contribution in [0.5, 0.6) is 0 Å². The highest BCUT2D eigenvalue weighted by molar-refractivity contribution is 5.79. The van der Waals surface area contributed by atoms with E-state index in [1.165, 1.54) is 0 Å². The molecule has 26 heavy (non-hydrogen) atoms. The van der Waals surface area contributed by atoms with Crippen molar-refractivity contribution in [1.82, 2.24) is 10.2 Å². The summed E-state index contributed by atoms with van der Waals surface area (Å²) >= 11 is 0. The van der Waals surface area contributed by atoms with E-state index in [0.29, 0.717) is 18.9 Å². The SMILES string of the molecule is CCC(C)[C@H](NC)[C@@H](CC(=O)N1CCC[C@H]1[C@H](OC)[C@@H](C)C(N)=O)OC. The molecule has 0 saturated carbocycles. The van der Waals surface area contributed by atoms with Crippen molar-refractivity contribution in [3.05, 3.63) is 0 Å². The highest BCUT2D eigenvalue weighted by atomic mass is 16.5. The highest BCUT2D eigenvalue weighted by Crippen LogP contribution is 2.28. The minimum atomic E-state index is -0.443. The fraction of sp³-hybridized carbons (Fsp3) is 0.895. The summed E-state index contributed by atoms with van der Waals surface area (Å²) in [6.45, 7) is 6.73. The lowest BCUT2D eigenvalue weighted by Crippen LogP contribution is -2.51. The molecule has 0 spiro atoms. The second-order valence-corrected chi connectivity index (χ2v) is 7.37. The molecule has 0 aromatic rings. The summed E-state index contributed by atoms with van der Waals surface area (Å²) in [6, 6.07) is -0.0121. The molecule has 0 radical (unpaired) electrons. The first-order valence-corrected chi connectivity index (χ1v) is 9.63. The number of nitrogens with one attached hydrogen (secondary N) is 1. The summed E-state index contributed by atoms with van der Waals surface area (Å²) in [6.07, 6.45) is 2.46. The summed E-state index contributed by atoms with van der Waals surface area (Å²) in [4.78, 5) is 26.5. The van der Waals surface area contributed by atoms with E-state index >= 15 is 0 Å². The van der Waals surface area contributed by atoms with Gasteiger partial charge in [-0.1, -0.05) is 27.2 Å². The third kappa shape index (κ3) is 5.41. The van der Waals surface area contributed by atoms with Crippen molar-refractivity contribution < 1.29 is 19.1 Å². The number of nitrogens with two attached hydrogens (primary N) is 1. The van der Waals surface area contributed by atoms with Gasteiger partial charge in [-0.15, -0.1) is 0 Å². The van der Waals surface area contributed by atoms with Gasteiger partial charge in [0.1, 0.15) is 0 Å². The molecule has 0 aromatic heterocycles. The molecular weight excluding hydrogens is 334 g/mol. The van der Waals surface area contributed by atoms with E-state index in [9.17, 15) is 9.59 Å². The largest absolute Gasteiger partial charge is 0.379 e. The van der Waals surface area contributed by atoms with E-state index in [1.54, 1.807) is 21.1 Å². The average molecular weight is 372 g/mol. The zero-order valence-corrected chi connectivity index (χ0v) is 17.2. The Labute approximate surface area is 158 Å². The number of hydrogen-bond donors (Lipinski definition) is 2. The number of ether oxygens (including phenoxy) is 2. The van der Waals surface area contributed by atoms with Crippen molar-refractivity contribution in [2.45, 2.75) is 70.7 Å². The number of primary amides is 1. The van der Waals surface area contributed by atoms with Crippen LogP contribution >= 0.6 is 0 Å². The maximum atomic E-state index is 13.0. The van der Waals surface area contributed by atoms with Gasteiger partial charge in [-0.2, -0.15) is 0 Å². The van der Waals surface area contributed by atoms with Crippen LogP contribution < -0.4 is 11.1 Å². The van der Waals surface area contributed by atoms with E-state index in [1.807, 2.05) is 11.9 Å². The van der Waals surface area contributed by atoms with Crippen molar-refractivity contribution >= 4 is 11.8 Å². The average Bonchev–Trinajstić information content (AvgIpc) is 3.10. The van der Waals surface area contributed by atoms with Gasteiger partial charge < -0.3 is 25.4 Å². The lowest BCUT2D eigenvalue weighted by Gasteiger charge is -2.35. The molecule has 0 aliphatic carbocycles. The van der Waals surface area contributed by atoms with Crippen LogP contribution in [0.3, 0.4) is 0 Å². The second-order valence-electron chi connectivity index (χ2n) is 7.37. The van der Waals surface area contributed by atoms with Crippen LogP contribution in [0.2, 0.25) is 0 Å². The van der Waals surface area contributed by atoms with Gasteiger partial charge in [0, 0.05) is 26.8 Å². The number of likely N-dealkylation sites (N-methyl/N-ethyl adjacent to an activating group) is 1. The van der Waals surface area contributed by atoms with Crippen LogP contribution in [0.25, 0.3) is 0 Å². The first-order valence-electron chi connectivity index (χ1n) is 9.63. The number of amides is 2. The Bertz CT molecular complexity index is 460. The first kappa shape index (κ1) is 22.9. The lowest BCUT2D eigenvalue weighted by molar-refractivity contribution is -0.141. The van der Waals surface area contributed by atoms with Gasteiger partial charge in [0.25, 0.3) is 0 Å². The molecule has 7 nitrogen and oxygen atoms in total. The van der Waals surface area contributed by atoms with E-state index in [4.69, 9.17) is 15.2 Å². The van der Waals surface area contributed by atoms with E-state index in [2.05, 4.69) is 19.2 Å². The van der Waals surface area contributed by atoms with Gasteiger partial charge in [-0.25, -0.2) is 0 Å². The van der Waals surface area contributed by atoms with Gasteiger partial charge in [0.05, 0.1) is 30.6 Å². The summed E-state index contributed by atoms with van der Waals surface area (Å²) in [5.74, 6) is -0.407.